The number of aromatic nitrogens is 2. The second kappa shape index (κ2) is 5.49. The number of nitrogens with one attached hydrogen (secondary N) is 1. The minimum absolute atomic E-state index is 0.0295. The summed E-state index contributed by atoms with van der Waals surface area (Å²) in [6, 6.07) is 8.03. The fraction of sp³-hybridized carbons (Fsp3) is 0.286. The third kappa shape index (κ3) is 2.97. The smallest absolute Gasteiger partial charge is 0.134 e. The van der Waals surface area contributed by atoms with E-state index in [-0.39, 0.29) is 11.7 Å². The summed E-state index contributed by atoms with van der Waals surface area (Å²) in [6.07, 6.45) is 5.41. The van der Waals surface area contributed by atoms with Crippen molar-refractivity contribution in [3.63, 3.8) is 0 Å². The lowest BCUT2D eigenvalue weighted by atomic mass is 10.1. The summed E-state index contributed by atoms with van der Waals surface area (Å²) in [7, 11) is 0. The van der Waals surface area contributed by atoms with E-state index in [0.717, 1.165) is 11.4 Å². The lowest BCUT2D eigenvalue weighted by Crippen LogP contribution is -2.17. The molecular formula is C14H17N3O. The van der Waals surface area contributed by atoms with Crippen LogP contribution >= 0.6 is 0 Å². The van der Waals surface area contributed by atoms with Crippen molar-refractivity contribution in [2.45, 2.75) is 13.8 Å². The molecule has 2 rings (SSSR count). The van der Waals surface area contributed by atoms with Gasteiger partial charge in [-0.15, -0.1) is 0 Å². The molecule has 1 aromatic carbocycles. The van der Waals surface area contributed by atoms with Gasteiger partial charge in [0.1, 0.15) is 5.78 Å². The van der Waals surface area contributed by atoms with Crippen LogP contribution in [-0.4, -0.2) is 21.9 Å². The van der Waals surface area contributed by atoms with E-state index in [1.54, 1.807) is 19.4 Å². The van der Waals surface area contributed by atoms with Gasteiger partial charge >= 0.3 is 0 Å². The molecule has 0 bridgehead atoms. The van der Waals surface area contributed by atoms with E-state index >= 15 is 0 Å². The molecular weight excluding hydrogens is 226 g/mol. The Morgan fingerprint density at radius 2 is 2.33 bits per heavy atom. The molecule has 1 atom stereocenters. The maximum atomic E-state index is 11.2. The summed E-state index contributed by atoms with van der Waals surface area (Å²) in [5, 5.41) is 3.27. The topological polar surface area (TPSA) is 46.9 Å². The molecule has 1 unspecified atom stereocenters. The number of benzene rings is 1. The van der Waals surface area contributed by atoms with Crippen LogP contribution in [0.4, 0.5) is 5.69 Å². The molecule has 0 fully saturated rings. The third-order valence-corrected chi connectivity index (χ3v) is 2.96. The minimum atomic E-state index is 0.0295. The number of nitrogens with zero attached hydrogens (tertiary/aromatic N) is 2. The Morgan fingerprint density at radius 3 is 3.00 bits per heavy atom. The maximum absolute atomic E-state index is 11.2. The Morgan fingerprint density at radius 1 is 1.50 bits per heavy atom. The number of hydrogen-bond donors (Lipinski definition) is 1. The van der Waals surface area contributed by atoms with Gasteiger partial charge in [0.25, 0.3) is 0 Å². The van der Waals surface area contributed by atoms with Gasteiger partial charge in [-0.1, -0.05) is 13.0 Å². The number of carbonyl (C=O) groups is 1. The van der Waals surface area contributed by atoms with E-state index in [1.165, 1.54) is 0 Å². The first-order valence-electron chi connectivity index (χ1n) is 5.99. The van der Waals surface area contributed by atoms with Gasteiger partial charge in [-0.05, 0) is 25.1 Å². The number of rotatable bonds is 5. The fourth-order valence-corrected chi connectivity index (χ4v) is 1.60. The molecule has 0 aliphatic rings. The number of carbonyl (C=O) groups excluding carboxylic acids is 1. The van der Waals surface area contributed by atoms with Crippen molar-refractivity contribution >= 4 is 11.5 Å². The normalized spacial score (nSPS) is 12.1. The Kier molecular flexibility index (Phi) is 3.77. The van der Waals surface area contributed by atoms with Crippen LogP contribution in [0.5, 0.6) is 0 Å². The van der Waals surface area contributed by atoms with Gasteiger partial charge in [0.05, 0.1) is 6.33 Å². The average Bonchev–Trinajstić information content (AvgIpc) is 2.90. The van der Waals surface area contributed by atoms with Gasteiger partial charge in [-0.25, -0.2) is 4.98 Å². The van der Waals surface area contributed by atoms with E-state index in [4.69, 9.17) is 0 Å². The number of hydrogen-bond acceptors (Lipinski definition) is 3. The van der Waals surface area contributed by atoms with Crippen LogP contribution in [0, 0.1) is 5.92 Å². The van der Waals surface area contributed by atoms with Crippen molar-refractivity contribution < 1.29 is 4.79 Å². The van der Waals surface area contributed by atoms with Gasteiger partial charge in [0, 0.05) is 36.2 Å². The second-order valence-corrected chi connectivity index (χ2v) is 4.41. The van der Waals surface area contributed by atoms with Gasteiger partial charge in [0.2, 0.25) is 0 Å². The summed E-state index contributed by atoms with van der Waals surface area (Å²) in [5.74, 6) is 0.232. The van der Waals surface area contributed by atoms with Crippen LogP contribution in [0.15, 0.2) is 43.0 Å². The number of anilines is 1. The van der Waals surface area contributed by atoms with Crippen LogP contribution in [-0.2, 0) is 4.79 Å². The standard InChI is InChI=1S/C14H17N3O/c1-11(12(2)18)9-16-13-4-3-5-14(8-13)17-7-6-15-10-17/h3-8,10-11,16H,9H2,1-2H3. The van der Waals surface area contributed by atoms with Crippen LogP contribution in [0.3, 0.4) is 0 Å². The largest absolute Gasteiger partial charge is 0.384 e. The summed E-state index contributed by atoms with van der Waals surface area (Å²) in [4.78, 5) is 15.2. The molecule has 0 saturated carbocycles. The molecule has 0 amide bonds. The predicted octanol–water partition coefficient (Wildman–Crippen LogP) is 2.51. The Balaban J connectivity index is 2.06. The van der Waals surface area contributed by atoms with Crippen molar-refractivity contribution in [3.8, 4) is 5.69 Å². The summed E-state index contributed by atoms with van der Waals surface area (Å²) in [6.45, 7) is 4.20. The summed E-state index contributed by atoms with van der Waals surface area (Å²) < 4.78 is 1.94. The SMILES string of the molecule is CC(=O)C(C)CNc1cccc(-n2ccnc2)c1. The minimum Gasteiger partial charge on any atom is -0.384 e. The molecule has 4 nitrogen and oxygen atoms in total. The van der Waals surface area contributed by atoms with Gasteiger partial charge in [0.15, 0.2) is 0 Å². The Hall–Kier alpha value is -2.10. The third-order valence-electron chi connectivity index (χ3n) is 2.96. The van der Waals surface area contributed by atoms with Gasteiger partial charge in [-0.3, -0.25) is 4.79 Å². The van der Waals surface area contributed by atoms with Crippen molar-refractivity contribution in [2.75, 3.05) is 11.9 Å². The van der Waals surface area contributed by atoms with E-state index in [9.17, 15) is 4.79 Å². The Labute approximate surface area is 107 Å². The van der Waals surface area contributed by atoms with Crippen LogP contribution in [0.25, 0.3) is 5.69 Å². The Bertz CT molecular complexity index is 520. The van der Waals surface area contributed by atoms with E-state index in [1.807, 2.05) is 42.0 Å². The first kappa shape index (κ1) is 12.4. The lowest BCUT2D eigenvalue weighted by molar-refractivity contribution is -0.119. The molecule has 0 aliphatic carbocycles. The highest BCUT2D eigenvalue weighted by molar-refractivity contribution is 5.78. The molecule has 18 heavy (non-hydrogen) atoms. The highest BCUT2D eigenvalue weighted by atomic mass is 16.1. The molecule has 94 valence electrons. The lowest BCUT2D eigenvalue weighted by Gasteiger charge is -2.12. The van der Waals surface area contributed by atoms with Crippen molar-refractivity contribution in [1.29, 1.82) is 0 Å². The maximum Gasteiger partial charge on any atom is 0.134 e. The predicted molar refractivity (Wildman–Crippen MR) is 71.9 cm³/mol. The zero-order valence-corrected chi connectivity index (χ0v) is 10.6. The highest BCUT2D eigenvalue weighted by Gasteiger charge is 2.06. The van der Waals surface area contributed by atoms with E-state index in [0.29, 0.717) is 6.54 Å². The molecule has 0 spiro atoms. The molecule has 1 aromatic heterocycles. The van der Waals surface area contributed by atoms with Crippen LogP contribution in [0.1, 0.15) is 13.8 Å². The molecule has 0 saturated heterocycles. The van der Waals surface area contributed by atoms with Gasteiger partial charge in [-0.2, -0.15) is 0 Å². The molecule has 1 heterocycles. The highest BCUT2D eigenvalue weighted by Crippen LogP contribution is 2.14. The summed E-state index contributed by atoms with van der Waals surface area (Å²) >= 11 is 0. The molecule has 2 aromatic rings. The number of imidazole rings is 1. The van der Waals surface area contributed by atoms with Crippen molar-refractivity contribution in [3.05, 3.63) is 43.0 Å². The molecule has 0 radical (unpaired) electrons. The quantitative estimate of drug-likeness (QED) is 0.877. The first-order chi connectivity index (χ1) is 8.66. The summed E-state index contributed by atoms with van der Waals surface area (Å²) in [5.41, 5.74) is 2.06. The second-order valence-electron chi connectivity index (χ2n) is 4.41. The van der Waals surface area contributed by atoms with E-state index < -0.39 is 0 Å². The number of ketones is 1. The van der Waals surface area contributed by atoms with Crippen molar-refractivity contribution in [1.82, 2.24) is 9.55 Å². The molecule has 0 aliphatic heterocycles. The number of Topliss-reactive ketones (excluding diaryl/α,β-unsaturated/α-hetero) is 1. The average molecular weight is 243 g/mol. The van der Waals surface area contributed by atoms with Crippen LogP contribution in [0.2, 0.25) is 0 Å². The zero-order chi connectivity index (χ0) is 13.0. The van der Waals surface area contributed by atoms with Crippen LogP contribution < -0.4 is 5.32 Å². The molecule has 4 heteroatoms. The molecule has 1 N–H and O–H groups in total. The first-order valence-corrected chi connectivity index (χ1v) is 5.99. The van der Waals surface area contributed by atoms with E-state index in [2.05, 4.69) is 10.3 Å². The zero-order valence-electron chi connectivity index (χ0n) is 10.6. The van der Waals surface area contributed by atoms with Gasteiger partial charge < -0.3 is 9.88 Å². The fourth-order valence-electron chi connectivity index (χ4n) is 1.60. The van der Waals surface area contributed by atoms with Crippen molar-refractivity contribution in [2.24, 2.45) is 5.92 Å². The monoisotopic (exact) mass is 243 g/mol.